The van der Waals surface area contributed by atoms with Crippen molar-refractivity contribution in [1.29, 1.82) is 5.26 Å². The van der Waals surface area contributed by atoms with E-state index in [2.05, 4.69) is 0 Å². The van der Waals surface area contributed by atoms with E-state index in [-0.39, 0.29) is 6.42 Å². The number of rotatable bonds is 2. The van der Waals surface area contributed by atoms with Crippen LogP contribution in [0, 0.1) is 21.4 Å². The number of allylic oxidation sites excluding steroid dienone is 1. The van der Waals surface area contributed by atoms with E-state index in [1.807, 2.05) is 19.9 Å². The van der Waals surface area contributed by atoms with E-state index < -0.39 is 16.4 Å². The summed E-state index contributed by atoms with van der Waals surface area (Å²) in [6.45, 7) is 3.78. The van der Waals surface area contributed by atoms with Gasteiger partial charge in [-0.3, -0.25) is 10.1 Å². The topological polar surface area (TPSA) is 66.9 Å². The minimum Gasteiger partial charge on any atom is -0.263 e. The van der Waals surface area contributed by atoms with Crippen molar-refractivity contribution in [3.63, 3.8) is 0 Å². The first-order chi connectivity index (χ1) is 9.81. The van der Waals surface area contributed by atoms with Gasteiger partial charge in [0, 0.05) is 15.0 Å². The molecule has 21 heavy (non-hydrogen) atoms. The van der Waals surface area contributed by atoms with Crippen molar-refractivity contribution in [1.82, 2.24) is 0 Å². The maximum Gasteiger partial charge on any atom is 0.316 e. The van der Waals surface area contributed by atoms with E-state index >= 15 is 0 Å². The van der Waals surface area contributed by atoms with Gasteiger partial charge in [0.2, 0.25) is 0 Å². The van der Waals surface area contributed by atoms with E-state index in [0.717, 1.165) is 11.1 Å². The fourth-order valence-electron chi connectivity index (χ4n) is 2.83. The largest absolute Gasteiger partial charge is 0.316 e. The molecule has 0 N–H and O–H groups in total. The summed E-state index contributed by atoms with van der Waals surface area (Å²) in [5.74, 6) is -0.578. The molecule has 0 spiro atoms. The molecule has 0 heterocycles. The Morgan fingerprint density at radius 2 is 2.05 bits per heavy atom. The van der Waals surface area contributed by atoms with Gasteiger partial charge in [0.1, 0.15) is 6.07 Å². The van der Waals surface area contributed by atoms with Crippen LogP contribution < -0.4 is 0 Å². The number of halogens is 2. The standard InChI is InChI=1S/C15H14Cl2N2O2/c1-9-5-13(12-4-3-11(16)6-14(12)17)15(8-18,19(20)21)7-10(9)2/h3-4,6,13H,5,7H2,1-2H3/t13-,15-/m1/s1. The van der Waals surface area contributed by atoms with Gasteiger partial charge in [-0.2, -0.15) is 5.26 Å². The third-order valence-electron chi connectivity index (χ3n) is 4.21. The molecule has 0 amide bonds. The average molecular weight is 325 g/mol. The lowest BCUT2D eigenvalue weighted by molar-refractivity contribution is -0.557. The first-order valence-corrected chi connectivity index (χ1v) is 7.23. The van der Waals surface area contributed by atoms with E-state index in [4.69, 9.17) is 23.2 Å². The van der Waals surface area contributed by atoms with Crippen LogP contribution >= 0.6 is 23.2 Å². The first kappa shape index (κ1) is 15.8. The molecular formula is C15H14Cl2N2O2. The van der Waals surface area contributed by atoms with Crippen LogP contribution in [-0.2, 0) is 0 Å². The Morgan fingerprint density at radius 3 is 2.57 bits per heavy atom. The Balaban J connectivity index is 2.63. The highest BCUT2D eigenvalue weighted by atomic mass is 35.5. The van der Waals surface area contributed by atoms with Crippen molar-refractivity contribution in [2.24, 2.45) is 0 Å². The van der Waals surface area contributed by atoms with Gasteiger partial charge in [0.25, 0.3) is 0 Å². The molecule has 0 aliphatic heterocycles. The smallest absolute Gasteiger partial charge is 0.263 e. The van der Waals surface area contributed by atoms with Crippen molar-refractivity contribution in [3.05, 3.63) is 55.1 Å². The molecule has 1 aliphatic rings. The zero-order valence-electron chi connectivity index (χ0n) is 11.7. The third kappa shape index (κ3) is 2.64. The number of hydrogen-bond acceptors (Lipinski definition) is 3. The minimum atomic E-state index is -1.68. The van der Waals surface area contributed by atoms with Gasteiger partial charge in [0.05, 0.1) is 12.3 Å². The Morgan fingerprint density at radius 1 is 1.38 bits per heavy atom. The molecule has 2 atom stereocenters. The molecule has 2 rings (SSSR count). The Labute approximate surface area is 133 Å². The van der Waals surface area contributed by atoms with E-state index in [9.17, 15) is 15.4 Å². The molecule has 4 nitrogen and oxygen atoms in total. The van der Waals surface area contributed by atoms with Crippen LogP contribution in [0.3, 0.4) is 0 Å². The minimum absolute atomic E-state index is 0.117. The second-order valence-electron chi connectivity index (χ2n) is 5.45. The van der Waals surface area contributed by atoms with Crippen molar-refractivity contribution < 1.29 is 4.92 Å². The van der Waals surface area contributed by atoms with Gasteiger partial charge < -0.3 is 0 Å². The monoisotopic (exact) mass is 324 g/mol. The molecule has 0 fully saturated rings. The maximum atomic E-state index is 11.6. The number of nitriles is 1. The summed E-state index contributed by atoms with van der Waals surface area (Å²) in [6.07, 6.45) is 0.563. The molecule has 0 unspecified atom stereocenters. The van der Waals surface area contributed by atoms with E-state index in [1.54, 1.807) is 18.2 Å². The zero-order valence-corrected chi connectivity index (χ0v) is 13.2. The Kier molecular flexibility index (Phi) is 4.27. The summed E-state index contributed by atoms with van der Waals surface area (Å²) in [5.41, 5.74) is 0.889. The first-order valence-electron chi connectivity index (χ1n) is 6.47. The lowest BCUT2D eigenvalue weighted by Gasteiger charge is -2.33. The fourth-order valence-corrected chi connectivity index (χ4v) is 3.37. The van der Waals surface area contributed by atoms with Gasteiger partial charge in [0.15, 0.2) is 0 Å². The Hall–Kier alpha value is -1.57. The predicted octanol–water partition coefficient (Wildman–Crippen LogP) is 4.75. The fraction of sp³-hybridized carbons (Fsp3) is 0.400. The van der Waals surface area contributed by atoms with Crippen LogP contribution in [0.15, 0.2) is 29.3 Å². The van der Waals surface area contributed by atoms with Gasteiger partial charge in [-0.15, -0.1) is 0 Å². The number of benzene rings is 1. The second kappa shape index (κ2) is 5.67. The van der Waals surface area contributed by atoms with Gasteiger partial charge in [-0.1, -0.05) is 40.4 Å². The molecule has 110 valence electrons. The van der Waals surface area contributed by atoms with Gasteiger partial charge in [-0.05, 0) is 38.0 Å². The van der Waals surface area contributed by atoms with Crippen LogP contribution in [0.4, 0.5) is 0 Å². The summed E-state index contributed by atoms with van der Waals surface area (Å²) in [5, 5.41) is 21.9. The summed E-state index contributed by atoms with van der Waals surface area (Å²) >= 11 is 12.1. The molecule has 0 saturated carbocycles. The van der Waals surface area contributed by atoms with Crippen molar-refractivity contribution >= 4 is 23.2 Å². The molecule has 0 saturated heterocycles. The van der Waals surface area contributed by atoms with Crippen LogP contribution in [0.25, 0.3) is 0 Å². The lowest BCUT2D eigenvalue weighted by Crippen LogP contribution is -2.45. The predicted molar refractivity (Wildman–Crippen MR) is 82.1 cm³/mol. The van der Waals surface area contributed by atoms with Crippen LogP contribution in [0.2, 0.25) is 10.0 Å². The van der Waals surface area contributed by atoms with Gasteiger partial charge >= 0.3 is 5.54 Å². The van der Waals surface area contributed by atoms with Crippen LogP contribution in [0.1, 0.15) is 38.2 Å². The molecule has 0 bridgehead atoms. The summed E-state index contributed by atoms with van der Waals surface area (Å²) < 4.78 is 0. The van der Waals surface area contributed by atoms with E-state index in [1.165, 1.54) is 0 Å². The molecule has 1 aliphatic carbocycles. The Bertz CT molecular complexity index is 679. The molecule has 1 aromatic carbocycles. The molecule has 0 aromatic heterocycles. The van der Waals surface area contributed by atoms with Crippen LogP contribution in [-0.4, -0.2) is 10.5 Å². The lowest BCUT2D eigenvalue weighted by atomic mass is 9.69. The molecular weight excluding hydrogens is 311 g/mol. The highest BCUT2D eigenvalue weighted by molar-refractivity contribution is 6.35. The third-order valence-corrected chi connectivity index (χ3v) is 4.77. The number of nitro groups is 1. The second-order valence-corrected chi connectivity index (χ2v) is 6.30. The highest BCUT2D eigenvalue weighted by Gasteiger charge is 2.54. The van der Waals surface area contributed by atoms with Crippen LogP contribution in [0.5, 0.6) is 0 Å². The summed E-state index contributed by atoms with van der Waals surface area (Å²) in [4.78, 5) is 11.1. The highest BCUT2D eigenvalue weighted by Crippen LogP contribution is 2.47. The SMILES string of the molecule is CC1=C(C)C[C@](C#N)([N+](=O)[O-])[C@@H](c2ccc(Cl)cc2Cl)C1. The van der Waals surface area contributed by atoms with Gasteiger partial charge in [-0.25, -0.2) is 0 Å². The van der Waals surface area contributed by atoms with Crippen molar-refractivity contribution in [2.75, 3.05) is 0 Å². The summed E-state index contributed by atoms with van der Waals surface area (Å²) in [6, 6.07) is 6.81. The zero-order chi connectivity index (χ0) is 15.8. The molecule has 6 heteroatoms. The maximum absolute atomic E-state index is 11.6. The molecule has 0 radical (unpaired) electrons. The summed E-state index contributed by atoms with van der Waals surface area (Å²) in [7, 11) is 0. The molecule has 1 aromatic rings. The van der Waals surface area contributed by atoms with E-state index in [0.29, 0.717) is 22.0 Å². The quantitative estimate of drug-likeness (QED) is 0.448. The van der Waals surface area contributed by atoms with Crippen molar-refractivity contribution in [3.8, 4) is 6.07 Å². The normalized spacial score (nSPS) is 25.6. The average Bonchev–Trinajstić information content (AvgIpc) is 2.41. The number of hydrogen-bond donors (Lipinski definition) is 0. The van der Waals surface area contributed by atoms with Crippen molar-refractivity contribution in [2.45, 2.75) is 38.1 Å². The number of nitrogens with zero attached hydrogens (tertiary/aromatic N) is 2.